The molecule has 3 saturated carbocycles. The molecule has 4 aliphatic carbocycles. The van der Waals surface area contributed by atoms with Crippen molar-refractivity contribution in [2.24, 2.45) is 46.3 Å². The van der Waals surface area contributed by atoms with Crippen LogP contribution in [0.5, 0.6) is 0 Å². The second-order valence-electron chi connectivity index (χ2n) is 11.5. The number of allylic oxidation sites excluding steroid dienone is 1. The number of carbonyl (C=O) groups is 1. The lowest BCUT2D eigenvalue weighted by molar-refractivity contribution is -0.135. The van der Waals surface area contributed by atoms with E-state index in [0.717, 1.165) is 19.3 Å². The van der Waals surface area contributed by atoms with Gasteiger partial charge in [0.1, 0.15) is 0 Å². The quantitative estimate of drug-likeness (QED) is 0.600. The summed E-state index contributed by atoms with van der Waals surface area (Å²) in [4.78, 5) is 13.4. The molecule has 0 aromatic carbocycles. The van der Waals surface area contributed by atoms with Crippen LogP contribution in [-0.2, 0) is 4.79 Å². The van der Waals surface area contributed by atoms with E-state index < -0.39 is 0 Å². The first-order valence-corrected chi connectivity index (χ1v) is 12.1. The number of carbonyl (C=O) groups excluding carboxylic acids is 1. The molecule has 0 saturated heterocycles. The van der Waals surface area contributed by atoms with Crippen LogP contribution in [0.3, 0.4) is 0 Å². The van der Waals surface area contributed by atoms with Crippen molar-refractivity contribution < 1.29 is 9.90 Å². The Morgan fingerprint density at radius 2 is 1.86 bits per heavy atom. The molecule has 0 aromatic heterocycles. The molecule has 8 atom stereocenters. The highest BCUT2D eigenvalue weighted by Gasteiger charge is 2.61. The Bertz CT molecular complexity index is 752. The van der Waals surface area contributed by atoms with E-state index in [1.807, 2.05) is 6.08 Å². The number of fused-ring (bicyclic) bond motifs is 5. The van der Waals surface area contributed by atoms with Crippen molar-refractivity contribution in [1.29, 1.82) is 0 Å². The molecular weight excluding hydrogens is 356 g/mol. The number of aliphatic hydroxyl groups excluding tert-OH is 1. The van der Waals surface area contributed by atoms with E-state index in [0.29, 0.717) is 41.8 Å². The van der Waals surface area contributed by atoms with Gasteiger partial charge in [-0.15, -0.1) is 11.8 Å². The molecule has 0 unspecified atom stereocenters. The van der Waals surface area contributed by atoms with E-state index in [1.165, 1.54) is 31.3 Å². The maximum atomic E-state index is 13.4. The zero-order valence-electron chi connectivity index (χ0n) is 19.1. The van der Waals surface area contributed by atoms with E-state index in [1.54, 1.807) is 0 Å². The highest BCUT2D eigenvalue weighted by Crippen LogP contribution is 2.66. The third-order valence-corrected chi connectivity index (χ3v) is 9.49. The second kappa shape index (κ2) is 7.56. The van der Waals surface area contributed by atoms with Crippen LogP contribution in [0.25, 0.3) is 0 Å². The van der Waals surface area contributed by atoms with Crippen molar-refractivity contribution in [3.63, 3.8) is 0 Å². The number of rotatable bonds is 2. The van der Waals surface area contributed by atoms with Crippen molar-refractivity contribution in [1.82, 2.24) is 0 Å². The van der Waals surface area contributed by atoms with E-state index in [4.69, 9.17) is 0 Å². The molecule has 2 heteroatoms. The Morgan fingerprint density at radius 1 is 1.10 bits per heavy atom. The molecule has 4 aliphatic rings. The zero-order valence-corrected chi connectivity index (χ0v) is 19.1. The van der Waals surface area contributed by atoms with Crippen LogP contribution in [0, 0.1) is 58.2 Å². The SMILES string of the molecule is CC(C)C#CC[C@@H](C)[C@H]1CC[C@H]2[C@@H]3C(=O)C=C4C[C@@H](O)CC[C@]4(C)[C@H]3CC[C@]12C. The average molecular weight is 397 g/mol. The third kappa shape index (κ3) is 3.42. The standard InChI is InChI=1S/C27H40O2/c1-17(2)7-6-8-18(3)21-9-10-22-25-23(12-14-27(21,22)5)26(4)13-11-20(28)15-19(26)16-24(25)29/h16-18,20-23,25,28H,8-15H2,1-5H3/t18-,20+,21-,22+,23+,25+,26+,27-/m1/s1. The molecule has 4 rings (SSSR count). The maximum Gasteiger partial charge on any atom is 0.159 e. The summed E-state index contributed by atoms with van der Waals surface area (Å²) in [5.74, 6) is 10.1. The lowest BCUT2D eigenvalue weighted by atomic mass is 9.46. The molecule has 0 bridgehead atoms. The van der Waals surface area contributed by atoms with Gasteiger partial charge in [0, 0.05) is 18.3 Å². The van der Waals surface area contributed by atoms with E-state index >= 15 is 0 Å². The number of hydrogen-bond donors (Lipinski definition) is 1. The normalized spacial score (nSPS) is 44.9. The van der Waals surface area contributed by atoms with Gasteiger partial charge in [-0.1, -0.05) is 40.2 Å². The van der Waals surface area contributed by atoms with E-state index in [9.17, 15) is 9.90 Å². The van der Waals surface area contributed by atoms with Crippen LogP contribution in [0.4, 0.5) is 0 Å². The average Bonchev–Trinajstić information content (AvgIpc) is 3.00. The number of aliphatic hydroxyl groups is 1. The van der Waals surface area contributed by atoms with Gasteiger partial charge in [0.25, 0.3) is 0 Å². The Kier molecular flexibility index (Phi) is 5.52. The van der Waals surface area contributed by atoms with Crippen LogP contribution < -0.4 is 0 Å². The third-order valence-electron chi connectivity index (χ3n) is 9.49. The van der Waals surface area contributed by atoms with E-state index in [-0.39, 0.29) is 22.9 Å². The number of ketones is 1. The molecule has 2 nitrogen and oxygen atoms in total. The molecule has 160 valence electrons. The van der Waals surface area contributed by atoms with E-state index in [2.05, 4.69) is 46.5 Å². The van der Waals surface area contributed by atoms with Gasteiger partial charge in [-0.2, -0.15) is 0 Å². The Morgan fingerprint density at radius 3 is 2.59 bits per heavy atom. The van der Waals surface area contributed by atoms with Crippen molar-refractivity contribution in [3.8, 4) is 11.8 Å². The summed E-state index contributed by atoms with van der Waals surface area (Å²) in [6.45, 7) is 11.6. The summed E-state index contributed by atoms with van der Waals surface area (Å²) in [6.07, 6.45) is 10.2. The van der Waals surface area contributed by atoms with Crippen LogP contribution in [0.1, 0.15) is 86.0 Å². The Hall–Kier alpha value is -1.07. The molecule has 0 heterocycles. The van der Waals surface area contributed by atoms with Crippen LogP contribution in [0.15, 0.2) is 11.6 Å². The first-order chi connectivity index (χ1) is 13.7. The minimum Gasteiger partial charge on any atom is -0.393 e. The fraction of sp³-hybridized carbons (Fsp3) is 0.815. The van der Waals surface area contributed by atoms with Gasteiger partial charge in [-0.05, 0) is 85.5 Å². The summed E-state index contributed by atoms with van der Waals surface area (Å²) >= 11 is 0. The van der Waals surface area contributed by atoms with Crippen molar-refractivity contribution in [3.05, 3.63) is 11.6 Å². The molecule has 0 spiro atoms. The zero-order chi connectivity index (χ0) is 21.0. The molecule has 1 N–H and O–H groups in total. The summed E-state index contributed by atoms with van der Waals surface area (Å²) < 4.78 is 0. The summed E-state index contributed by atoms with van der Waals surface area (Å²) in [7, 11) is 0. The summed E-state index contributed by atoms with van der Waals surface area (Å²) in [5.41, 5.74) is 1.66. The van der Waals surface area contributed by atoms with Gasteiger partial charge in [-0.25, -0.2) is 0 Å². The van der Waals surface area contributed by atoms with Gasteiger partial charge in [-0.3, -0.25) is 4.79 Å². The topological polar surface area (TPSA) is 37.3 Å². The van der Waals surface area contributed by atoms with Crippen molar-refractivity contribution in [2.75, 3.05) is 0 Å². The fourth-order valence-corrected chi connectivity index (χ4v) is 7.92. The van der Waals surface area contributed by atoms with Gasteiger partial charge < -0.3 is 5.11 Å². The van der Waals surface area contributed by atoms with Crippen molar-refractivity contribution >= 4 is 5.78 Å². The molecule has 3 fully saturated rings. The maximum absolute atomic E-state index is 13.4. The molecule has 0 radical (unpaired) electrons. The fourth-order valence-electron chi connectivity index (χ4n) is 7.92. The van der Waals surface area contributed by atoms with Gasteiger partial charge >= 0.3 is 0 Å². The lowest BCUT2D eigenvalue weighted by Gasteiger charge is -2.57. The van der Waals surface area contributed by atoms with Gasteiger partial charge in [0.15, 0.2) is 5.78 Å². The first kappa shape index (κ1) is 21.2. The monoisotopic (exact) mass is 396 g/mol. The van der Waals surface area contributed by atoms with Crippen molar-refractivity contribution in [2.45, 2.75) is 92.1 Å². The first-order valence-electron chi connectivity index (χ1n) is 12.1. The summed E-state index contributed by atoms with van der Waals surface area (Å²) in [6, 6.07) is 0. The second-order valence-corrected chi connectivity index (χ2v) is 11.5. The highest BCUT2D eigenvalue weighted by molar-refractivity contribution is 5.94. The minimum atomic E-state index is -0.254. The lowest BCUT2D eigenvalue weighted by Crippen LogP contribution is -2.53. The molecule has 0 amide bonds. The smallest absolute Gasteiger partial charge is 0.159 e. The number of hydrogen-bond acceptors (Lipinski definition) is 2. The largest absolute Gasteiger partial charge is 0.393 e. The molecule has 0 aliphatic heterocycles. The van der Waals surface area contributed by atoms with Gasteiger partial charge in [0.05, 0.1) is 6.10 Å². The highest BCUT2D eigenvalue weighted by atomic mass is 16.3. The predicted octanol–water partition coefficient (Wildman–Crippen LogP) is 5.79. The Labute approximate surface area is 177 Å². The molecule has 29 heavy (non-hydrogen) atoms. The Balaban J connectivity index is 1.58. The molecular formula is C27H40O2. The van der Waals surface area contributed by atoms with Crippen LogP contribution >= 0.6 is 0 Å². The van der Waals surface area contributed by atoms with Gasteiger partial charge in [0.2, 0.25) is 0 Å². The minimum absolute atomic E-state index is 0.131. The predicted molar refractivity (Wildman–Crippen MR) is 118 cm³/mol. The van der Waals surface area contributed by atoms with Crippen LogP contribution in [0.2, 0.25) is 0 Å². The summed E-state index contributed by atoms with van der Waals surface area (Å²) in [5, 5.41) is 10.2. The van der Waals surface area contributed by atoms with Crippen LogP contribution in [-0.4, -0.2) is 17.0 Å². The molecule has 0 aromatic rings.